The second kappa shape index (κ2) is 5.38. The Morgan fingerprint density at radius 2 is 1.77 bits per heavy atom. The van der Waals surface area contributed by atoms with Crippen LogP contribution in [0.5, 0.6) is 0 Å². The third-order valence-corrected chi connectivity index (χ3v) is 4.22. The fourth-order valence-electron chi connectivity index (χ4n) is 2.55. The first-order valence-corrected chi connectivity index (χ1v) is 7.25. The number of nitrogens with one attached hydrogen (secondary N) is 1. The molecule has 2 aromatic carbocycles. The van der Waals surface area contributed by atoms with Gasteiger partial charge in [0, 0.05) is 31.2 Å². The molecule has 8 heteroatoms. The van der Waals surface area contributed by atoms with Gasteiger partial charge in [-0.25, -0.2) is 0 Å². The number of anilines is 1. The predicted molar refractivity (Wildman–Crippen MR) is 86.5 cm³/mol. The van der Waals surface area contributed by atoms with Gasteiger partial charge in [0.15, 0.2) is 5.54 Å². The topological polar surface area (TPSA) is 77.9 Å². The minimum Gasteiger partial charge on any atom is -0.324 e. The fraction of sp³-hybridized carbons (Fsp3) is 0.0714. The fourth-order valence-corrected chi connectivity index (χ4v) is 3.31. The molecule has 3 rings (SSSR count). The molecule has 1 aliphatic heterocycles. The van der Waals surface area contributed by atoms with Gasteiger partial charge in [-0.1, -0.05) is 52.0 Å². The molecule has 0 saturated heterocycles. The molecule has 1 amide bonds. The van der Waals surface area contributed by atoms with E-state index in [4.69, 9.17) is 40.3 Å². The van der Waals surface area contributed by atoms with E-state index in [0.717, 1.165) is 0 Å². The zero-order valence-corrected chi connectivity index (χ0v) is 13.1. The summed E-state index contributed by atoms with van der Waals surface area (Å²) in [6, 6.07) is 9.53. The first kappa shape index (κ1) is 15.0. The maximum Gasteiger partial charge on any atom is 0.245 e. The third-order valence-electron chi connectivity index (χ3n) is 3.45. The molecule has 1 heterocycles. The van der Waals surface area contributed by atoms with Crippen LogP contribution in [0.4, 0.5) is 5.69 Å². The Morgan fingerprint density at radius 3 is 2.41 bits per heavy atom. The molecule has 1 atom stereocenters. The van der Waals surface area contributed by atoms with Gasteiger partial charge in [0.05, 0.1) is 0 Å². The number of amides is 1. The van der Waals surface area contributed by atoms with E-state index in [1.54, 1.807) is 30.3 Å². The quantitative estimate of drug-likeness (QED) is 0.452. The van der Waals surface area contributed by atoms with Gasteiger partial charge in [-0.05, 0) is 35.4 Å². The van der Waals surface area contributed by atoms with Crippen LogP contribution in [0.2, 0.25) is 15.1 Å². The average molecular weight is 354 g/mol. The molecular formula is C14H7Cl3N4O. The number of hydrogen-bond donors (Lipinski definition) is 1. The summed E-state index contributed by atoms with van der Waals surface area (Å²) in [5, 5.41) is 7.54. The van der Waals surface area contributed by atoms with Crippen LogP contribution in [-0.2, 0) is 10.3 Å². The Kier molecular flexibility index (Phi) is 3.67. The number of fused-ring (bicyclic) bond motifs is 1. The summed E-state index contributed by atoms with van der Waals surface area (Å²) in [4.78, 5) is 15.4. The minimum absolute atomic E-state index is 0.239. The van der Waals surface area contributed by atoms with Crippen LogP contribution < -0.4 is 5.32 Å². The van der Waals surface area contributed by atoms with Gasteiger partial charge in [-0.2, -0.15) is 0 Å². The maximum absolute atomic E-state index is 12.6. The molecule has 110 valence electrons. The number of carbonyl (C=O) groups excluding carboxylic acids is 1. The monoisotopic (exact) mass is 352 g/mol. The van der Waals surface area contributed by atoms with E-state index in [-0.39, 0.29) is 5.02 Å². The molecule has 0 aliphatic carbocycles. The van der Waals surface area contributed by atoms with Crippen LogP contribution in [0.15, 0.2) is 41.5 Å². The zero-order chi connectivity index (χ0) is 15.9. The Labute approximate surface area is 140 Å². The molecule has 0 saturated carbocycles. The van der Waals surface area contributed by atoms with Crippen LogP contribution in [0.1, 0.15) is 11.1 Å². The van der Waals surface area contributed by atoms with Crippen LogP contribution in [0.25, 0.3) is 10.4 Å². The van der Waals surface area contributed by atoms with Gasteiger partial charge in [0.2, 0.25) is 5.91 Å². The first-order valence-electron chi connectivity index (χ1n) is 6.12. The Bertz CT molecular complexity index is 831. The summed E-state index contributed by atoms with van der Waals surface area (Å²) in [6.07, 6.45) is 0. The molecule has 5 nitrogen and oxygen atoms in total. The molecule has 1 aliphatic rings. The average Bonchev–Trinajstić information content (AvgIpc) is 2.73. The van der Waals surface area contributed by atoms with E-state index in [2.05, 4.69) is 15.3 Å². The summed E-state index contributed by atoms with van der Waals surface area (Å²) in [5.74, 6) is -0.494. The van der Waals surface area contributed by atoms with Gasteiger partial charge in [0.25, 0.3) is 0 Å². The molecule has 0 aromatic heterocycles. The highest BCUT2D eigenvalue weighted by atomic mass is 35.5. The highest BCUT2D eigenvalue weighted by molar-refractivity contribution is 6.37. The normalized spacial score (nSPS) is 19.3. The lowest BCUT2D eigenvalue weighted by molar-refractivity contribution is -0.119. The second-order valence-corrected chi connectivity index (χ2v) is 5.95. The largest absolute Gasteiger partial charge is 0.324 e. The van der Waals surface area contributed by atoms with Crippen LogP contribution in [0.3, 0.4) is 0 Å². The van der Waals surface area contributed by atoms with Crippen molar-refractivity contribution in [2.75, 3.05) is 5.32 Å². The van der Waals surface area contributed by atoms with E-state index < -0.39 is 11.4 Å². The number of nitrogens with zero attached hydrogens (tertiary/aromatic N) is 3. The molecule has 1 N–H and O–H groups in total. The van der Waals surface area contributed by atoms with Crippen LogP contribution >= 0.6 is 34.8 Å². The zero-order valence-electron chi connectivity index (χ0n) is 10.8. The van der Waals surface area contributed by atoms with Gasteiger partial charge in [-0.3, -0.25) is 4.79 Å². The van der Waals surface area contributed by atoms with Crippen LogP contribution in [-0.4, -0.2) is 5.91 Å². The smallest absolute Gasteiger partial charge is 0.245 e. The number of azide groups is 1. The molecular weight excluding hydrogens is 347 g/mol. The molecule has 0 fully saturated rings. The van der Waals surface area contributed by atoms with Crippen molar-refractivity contribution in [3.05, 3.63) is 73.0 Å². The molecule has 2 aromatic rings. The Hall–Kier alpha value is -1.91. The van der Waals surface area contributed by atoms with Crippen LogP contribution in [0, 0.1) is 0 Å². The predicted octanol–water partition coefficient (Wildman–Crippen LogP) is 5.15. The van der Waals surface area contributed by atoms with Gasteiger partial charge in [0.1, 0.15) is 0 Å². The SMILES string of the molecule is [N-]=[N+]=NC1(c2ccc(Cl)cc2)C(=O)Nc2cc(Cl)cc(Cl)c21. The van der Waals surface area contributed by atoms with E-state index in [0.29, 0.717) is 26.9 Å². The molecule has 22 heavy (non-hydrogen) atoms. The van der Waals surface area contributed by atoms with Crippen molar-refractivity contribution < 1.29 is 4.79 Å². The standard InChI is InChI=1S/C14H7Cl3N4O/c15-8-3-1-7(2-4-8)14(20-21-18)12-10(17)5-9(16)6-11(12)19-13(14)22/h1-6H,(H,19,22). The minimum atomic E-state index is -1.59. The molecule has 1 unspecified atom stereocenters. The van der Waals surface area contributed by atoms with Crippen molar-refractivity contribution in [3.8, 4) is 0 Å². The van der Waals surface area contributed by atoms with Crippen molar-refractivity contribution in [1.29, 1.82) is 0 Å². The summed E-state index contributed by atoms with van der Waals surface area (Å²) in [5.41, 5.74) is 8.66. The van der Waals surface area contributed by atoms with E-state index in [9.17, 15) is 4.79 Å². The van der Waals surface area contributed by atoms with Gasteiger partial charge in [-0.15, -0.1) is 0 Å². The summed E-state index contributed by atoms with van der Waals surface area (Å²) in [7, 11) is 0. The molecule has 0 spiro atoms. The second-order valence-electron chi connectivity index (χ2n) is 4.67. The number of halogens is 3. The Morgan fingerprint density at radius 1 is 1.09 bits per heavy atom. The molecule has 0 bridgehead atoms. The number of hydrogen-bond acceptors (Lipinski definition) is 2. The van der Waals surface area contributed by atoms with E-state index in [1.165, 1.54) is 6.07 Å². The van der Waals surface area contributed by atoms with Crippen molar-refractivity contribution in [3.63, 3.8) is 0 Å². The number of rotatable bonds is 2. The summed E-state index contributed by atoms with van der Waals surface area (Å²) in [6.45, 7) is 0. The number of benzene rings is 2. The van der Waals surface area contributed by atoms with Crippen molar-refractivity contribution in [2.45, 2.75) is 5.54 Å². The lowest BCUT2D eigenvalue weighted by Gasteiger charge is -2.23. The molecule has 0 radical (unpaired) electrons. The van der Waals surface area contributed by atoms with E-state index in [1.807, 2.05) is 0 Å². The lowest BCUT2D eigenvalue weighted by atomic mass is 9.84. The van der Waals surface area contributed by atoms with Crippen molar-refractivity contribution in [1.82, 2.24) is 0 Å². The lowest BCUT2D eigenvalue weighted by Crippen LogP contribution is -2.33. The van der Waals surface area contributed by atoms with E-state index >= 15 is 0 Å². The van der Waals surface area contributed by atoms with Gasteiger partial charge < -0.3 is 5.32 Å². The third kappa shape index (κ3) is 2.11. The van der Waals surface area contributed by atoms with Gasteiger partial charge >= 0.3 is 0 Å². The number of carbonyl (C=O) groups is 1. The summed E-state index contributed by atoms with van der Waals surface area (Å²) < 4.78 is 0. The highest BCUT2D eigenvalue weighted by Gasteiger charge is 2.49. The van der Waals surface area contributed by atoms with Crippen molar-refractivity contribution >= 4 is 46.4 Å². The maximum atomic E-state index is 12.6. The Balaban J connectivity index is 2.36. The first-order chi connectivity index (χ1) is 10.5. The highest BCUT2D eigenvalue weighted by Crippen LogP contribution is 2.48. The van der Waals surface area contributed by atoms with Crippen molar-refractivity contribution in [2.24, 2.45) is 5.11 Å². The summed E-state index contributed by atoms with van der Waals surface area (Å²) >= 11 is 18.1.